The maximum atomic E-state index is 13.4. The summed E-state index contributed by atoms with van der Waals surface area (Å²) in [6.45, 7) is 3.24. The number of halogens is 3. The predicted molar refractivity (Wildman–Crippen MR) is 125 cm³/mol. The number of aromatic nitrogens is 1. The number of pyridine rings is 1. The molecular formula is C23H29F3N6O5. The highest BCUT2D eigenvalue weighted by atomic mass is 19.4. The van der Waals surface area contributed by atoms with E-state index in [1.165, 1.54) is 23.2 Å². The molecule has 4 rings (SSSR count). The van der Waals surface area contributed by atoms with Crippen molar-refractivity contribution in [2.45, 2.75) is 50.7 Å². The van der Waals surface area contributed by atoms with E-state index in [9.17, 15) is 27.9 Å². The number of rotatable bonds is 7. The van der Waals surface area contributed by atoms with Gasteiger partial charge in [0.1, 0.15) is 42.2 Å². The Balaban J connectivity index is 1.53. The second-order valence-corrected chi connectivity index (χ2v) is 9.15. The fourth-order valence-corrected chi connectivity index (χ4v) is 4.47. The van der Waals surface area contributed by atoms with Gasteiger partial charge in [-0.25, -0.2) is 9.78 Å². The Morgan fingerprint density at radius 1 is 1.38 bits per heavy atom. The number of nitrogens with zero attached hydrogens (tertiary/aromatic N) is 3. The number of alkyl halides is 3. The third kappa shape index (κ3) is 5.74. The van der Waals surface area contributed by atoms with Gasteiger partial charge in [0.15, 0.2) is 0 Å². The number of allylic oxidation sites excluding steroid dienone is 1. The first-order valence-electron chi connectivity index (χ1n) is 11.8. The Bertz CT molecular complexity index is 1110. The number of dihydropyridines is 1. The Hall–Kier alpha value is -3.52. The van der Waals surface area contributed by atoms with Crippen LogP contribution in [0.1, 0.15) is 20.3 Å². The van der Waals surface area contributed by atoms with Crippen molar-refractivity contribution >= 4 is 17.8 Å². The van der Waals surface area contributed by atoms with Crippen LogP contribution in [0.25, 0.3) is 0 Å². The molecule has 0 spiro atoms. The van der Waals surface area contributed by atoms with Crippen LogP contribution in [-0.4, -0.2) is 93.6 Å². The first kappa shape index (κ1) is 26.5. The highest BCUT2D eigenvalue weighted by Crippen LogP contribution is 2.36. The number of urea groups is 1. The summed E-state index contributed by atoms with van der Waals surface area (Å²) in [7, 11) is 0. The largest absolute Gasteiger partial charge is 0.491 e. The summed E-state index contributed by atoms with van der Waals surface area (Å²) in [4.78, 5) is 33.8. The second-order valence-electron chi connectivity index (χ2n) is 9.15. The van der Waals surface area contributed by atoms with E-state index in [0.29, 0.717) is 42.4 Å². The van der Waals surface area contributed by atoms with Gasteiger partial charge in [-0.1, -0.05) is 0 Å². The summed E-state index contributed by atoms with van der Waals surface area (Å²) in [6.07, 6.45) is -2.03. The van der Waals surface area contributed by atoms with Crippen molar-refractivity contribution in [3.05, 3.63) is 41.5 Å². The quantitative estimate of drug-likeness (QED) is 0.353. The molecule has 3 aliphatic rings. The molecule has 4 atom stereocenters. The molecule has 1 saturated heterocycles. The van der Waals surface area contributed by atoms with E-state index in [4.69, 9.17) is 9.84 Å². The second kappa shape index (κ2) is 10.5. The molecule has 0 aromatic carbocycles. The van der Waals surface area contributed by atoms with Crippen molar-refractivity contribution in [3.8, 4) is 5.75 Å². The Morgan fingerprint density at radius 2 is 2.14 bits per heavy atom. The highest BCUT2D eigenvalue weighted by molar-refractivity contribution is 5.91. The van der Waals surface area contributed by atoms with Crippen LogP contribution in [0.5, 0.6) is 5.75 Å². The van der Waals surface area contributed by atoms with Gasteiger partial charge >= 0.3 is 12.2 Å². The minimum Gasteiger partial charge on any atom is -0.491 e. The third-order valence-corrected chi connectivity index (χ3v) is 6.36. The molecule has 5 N–H and O–H groups in total. The van der Waals surface area contributed by atoms with Crippen LogP contribution in [0.4, 0.5) is 23.8 Å². The van der Waals surface area contributed by atoms with Crippen LogP contribution in [0.2, 0.25) is 0 Å². The number of fused-ring (bicyclic) bond motifs is 3. The number of anilines is 1. The van der Waals surface area contributed by atoms with Crippen LogP contribution in [0, 0.1) is 0 Å². The zero-order chi connectivity index (χ0) is 26.9. The summed E-state index contributed by atoms with van der Waals surface area (Å²) in [6, 6.07) is -0.923. The molecule has 202 valence electrons. The zero-order valence-corrected chi connectivity index (χ0v) is 20.2. The molecule has 3 aliphatic heterocycles. The number of ether oxygens (including phenoxy) is 1. The van der Waals surface area contributed by atoms with Crippen molar-refractivity contribution in [3.63, 3.8) is 0 Å². The predicted octanol–water partition coefficient (Wildman–Crippen LogP) is 0.890. The van der Waals surface area contributed by atoms with E-state index < -0.39 is 42.9 Å². The first-order valence-corrected chi connectivity index (χ1v) is 11.8. The summed E-state index contributed by atoms with van der Waals surface area (Å²) >= 11 is 0. The molecule has 1 fully saturated rings. The zero-order valence-electron chi connectivity index (χ0n) is 20.2. The molecule has 2 bridgehead atoms. The average molecular weight is 527 g/mol. The molecule has 3 amide bonds. The number of aliphatic hydroxyl groups is 2. The lowest BCUT2D eigenvalue weighted by Gasteiger charge is -2.42. The van der Waals surface area contributed by atoms with Gasteiger partial charge < -0.3 is 30.5 Å². The van der Waals surface area contributed by atoms with Crippen molar-refractivity contribution < 1.29 is 37.7 Å². The minimum atomic E-state index is -4.59. The monoisotopic (exact) mass is 526 g/mol. The number of hydrogen-bond acceptors (Lipinski definition) is 8. The van der Waals surface area contributed by atoms with Crippen LogP contribution in [0.3, 0.4) is 0 Å². The number of aliphatic hydroxyl groups excluding tert-OH is 2. The minimum absolute atomic E-state index is 0.153. The summed E-state index contributed by atoms with van der Waals surface area (Å²) in [5, 5.41) is 26.0. The smallest absolute Gasteiger partial charge is 0.408 e. The molecule has 1 aromatic rings. The molecule has 11 nitrogen and oxygen atoms in total. The van der Waals surface area contributed by atoms with Crippen LogP contribution >= 0.6 is 0 Å². The molecule has 1 aromatic heterocycles. The van der Waals surface area contributed by atoms with E-state index in [1.54, 1.807) is 13.0 Å². The van der Waals surface area contributed by atoms with Gasteiger partial charge in [-0.05, 0) is 38.0 Å². The number of amides is 3. The van der Waals surface area contributed by atoms with E-state index in [2.05, 4.69) is 20.5 Å². The maximum absolute atomic E-state index is 13.4. The fourth-order valence-electron chi connectivity index (χ4n) is 4.47. The molecule has 4 heterocycles. The number of nitrogens with one attached hydrogen (secondary N) is 3. The van der Waals surface area contributed by atoms with Crippen molar-refractivity contribution in [2.24, 2.45) is 0 Å². The lowest BCUT2D eigenvalue weighted by molar-refractivity contribution is -0.158. The lowest BCUT2D eigenvalue weighted by Crippen LogP contribution is -2.57. The van der Waals surface area contributed by atoms with Crippen LogP contribution in [-0.2, 0) is 4.79 Å². The van der Waals surface area contributed by atoms with E-state index in [0.717, 1.165) is 6.92 Å². The normalized spacial score (nSPS) is 22.5. The fraction of sp³-hybridized carbons (Fsp3) is 0.522. The Morgan fingerprint density at radius 3 is 2.84 bits per heavy atom. The number of hydrogen-bond donors (Lipinski definition) is 5. The standard InChI is InChI=1S/C23H29F3N6O5/c1-12-7-17(21(35)28-13(2)23(24,25)26)29-20-19(12)31-6-4-14(9-31)32(20)22(36)30-18-8-16(3-5-27-18)37-11-15(34)10-33/h3,5,7-8,13-15,17,29,33-34H,4,6,9-11H2,1-2H3,(H,28,35)(H,27,30,36)/t13-,14+,15-,17?/m1/s1. The molecule has 37 heavy (non-hydrogen) atoms. The molecule has 0 radical (unpaired) electrons. The maximum Gasteiger partial charge on any atom is 0.408 e. The van der Waals surface area contributed by atoms with Crippen LogP contribution < -0.4 is 20.7 Å². The topological polar surface area (TPSA) is 139 Å². The summed E-state index contributed by atoms with van der Waals surface area (Å²) in [5.74, 6) is -0.0430. The number of carbonyl (C=O) groups excluding carboxylic acids is 2. The summed E-state index contributed by atoms with van der Waals surface area (Å²) in [5.41, 5.74) is 1.38. The van der Waals surface area contributed by atoms with Crippen LogP contribution in [0.15, 0.2) is 41.5 Å². The van der Waals surface area contributed by atoms with Gasteiger partial charge in [0, 0.05) is 25.4 Å². The third-order valence-electron chi connectivity index (χ3n) is 6.36. The summed E-state index contributed by atoms with van der Waals surface area (Å²) < 4.78 is 44.3. The Labute approximate surface area is 211 Å². The van der Waals surface area contributed by atoms with Crippen molar-refractivity contribution in [1.29, 1.82) is 0 Å². The first-order chi connectivity index (χ1) is 17.5. The van der Waals surface area contributed by atoms with E-state index >= 15 is 0 Å². The molecule has 0 saturated carbocycles. The molecule has 0 aliphatic carbocycles. The van der Waals surface area contributed by atoms with Gasteiger partial charge in [0.05, 0.1) is 18.3 Å². The van der Waals surface area contributed by atoms with E-state index in [-0.39, 0.29) is 18.5 Å². The Kier molecular flexibility index (Phi) is 7.50. The van der Waals surface area contributed by atoms with Gasteiger partial charge in [-0.15, -0.1) is 0 Å². The van der Waals surface area contributed by atoms with Gasteiger partial charge in [0.25, 0.3) is 0 Å². The van der Waals surface area contributed by atoms with E-state index in [1.807, 2.05) is 5.32 Å². The molecule has 14 heteroatoms. The van der Waals surface area contributed by atoms with Gasteiger partial charge in [-0.2, -0.15) is 13.2 Å². The van der Waals surface area contributed by atoms with Crippen molar-refractivity contribution in [1.82, 2.24) is 25.4 Å². The van der Waals surface area contributed by atoms with Gasteiger partial charge in [-0.3, -0.25) is 15.0 Å². The highest BCUT2D eigenvalue weighted by Gasteiger charge is 2.45. The number of carbonyl (C=O) groups is 2. The lowest BCUT2D eigenvalue weighted by atomic mass is 10.0. The molecule has 1 unspecified atom stereocenters. The van der Waals surface area contributed by atoms with Crippen molar-refractivity contribution in [2.75, 3.05) is 31.6 Å². The SMILES string of the molecule is CC1=CC(C(=O)N[C@H](C)C(F)(F)F)NC2=C1N1CC[C@@H](C1)N2C(=O)Nc1cc(OC[C@H](O)CO)ccn1. The average Bonchev–Trinajstić information content (AvgIpc) is 3.24. The molecular weight excluding hydrogens is 497 g/mol. The van der Waals surface area contributed by atoms with Gasteiger partial charge in [0.2, 0.25) is 5.91 Å².